The zero-order chi connectivity index (χ0) is 24.2. The lowest BCUT2D eigenvalue weighted by molar-refractivity contribution is -0.116. The van der Waals surface area contributed by atoms with E-state index in [2.05, 4.69) is 27.1 Å². The summed E-state index contributed by atoms with van der Waals surface area (Å²) in [6.07, 6.45) is 1.63. The number of ether oxygens (including phenoxy) is 1. The number of esters is 1. The van der Waals surface area contributed by atoms with E-state index in [1.807, 2.05) is 17.0 Å². The van der Waals surface area contributed by atoms with E-state index >= 15 is 0 Å². The number of benzene rings is 3. The maximum atomic E-state index is 13.5. The van der Waals surface area contributed by atoms with Crippen molar-refractivity contribution in [3.05, 3.63) is 77.6 Å². The van der Waals surface area contributed by atoms with Gasteiger partial charge in [-0.3, -0.25) is 9.69 Å². The van der Waals surface area contributed by atoms with Crippen molar-refractivity contribution in [2.45, 2.75) is 6.92 Å². The van der Waals surface area contributed by atoms with Crippen molar-refractivity contribution >= 4 is 74.9 Å². The number of fused-ring (bicyclic) bond motifs is 1. The van der Waals surface area contributed by atoms with Crippen molar-refractivity contribution in [3.8, 4) is 0 Å². The molecule has 1 heterocycles. The predicted octanol–water partition coefficient (Wildman–Crippen LogP) is 6.17. The van der Waals surface area contributed by atoms with E-state index in [1.54, 1.807) is 48.2 Å². The fraction of sp³-hybridized carbons (Fsp3) is 0.125. The summed E-state index contributed by atoms with van der Waals surface area (Å²) >= 11 is 2.20. The van der Waals surface area contributed by atoms with E-state index in [-0.39, 0.29) is 24.9 Å². The minimum Gasteiger partial charge on any atom is -0.462 e. The van der Waals surface area contributed by atoms with Gasteiger partial charge in [0.15, 0.2) is 0 Å². The molecule has 7 nitrogen and oxygen atoms in total. The molecule has 1 atom stereocenters. The van der Waals surface area contributed by atoms with Crippen LogP contribution in [0.4, 0.5) is 32.8 Å². The Balaban J connectivity index is 1.84. The number of hydrogen-bond donors (Lipinski definition) is 2. The lowest BCUT2D eigenvalue weighted by Gasteiger charge is -2.38. The van der Waals surface area contributed by atoms with Gasteiger partial charge >= 0.3 is 5.97 Å². The van der Waals surface area contributed by atoms with Gasteiger partial charge in [0.2, 0.25) is 0 Å². The van der Waals surface area contributed by atoms with Gasteiger partial charge < -0.3 is 20.1 Å². The second kappa shape index (κ2) is 10.5. The van der Waals surface area contributed by atoms with E-state index in [0.29, 0.717) is 40.3 Å². The van der Waals surface area contributed by atoms with Crippen LogP contribution in [0.5, 0.6) is 0 Å². The summed E-state index contributed by atoms with van der Waals surface area (Å²) in [6.45, 7) is 2.05. The highest BCUT2D eigenvalue weighted by atomic mass is 127. The standard InChI is InChI=1S/C24H21FIN4O3P/c1-2-33-24(32)15-3-7-19(8-4-15)30-22-12-20(28-34-26)16(13-27)11-21(22)29(14-23(30)31)18-9-5-17(25)6-10-18/h3-13,27-28,34H,2,14H2,1H3. The first-order valence-corrected chi connectivity index (χ1v) is 14.5. The monoisotopic (exact) mass is 590 g/mol. The second-order valence-corrected chi connectivity index (χ2v) is 9.41. The van der Waals surface area contributed by atoms with Crippen LogP contribution in [0.2, 0.25) is 0 Å². The van der Waals surface area contributed by atoms with Gasteiger partial charge in [0.05, 0.1) is 23.5 Å². The van der Waals surface area contributed by atoms with Gasteiger partial charge in [-0.1, -0.05) is 0 Å². The maximum Gasteiger partial charge on any atom is 0.338 e. The number of carbonyl (C=O) groups is 2. The van der Waals surface area contributed by atoms with Crippen LogP contribution < -0.4 is 14.9 Å². The largest absolute Gasteiger partial charge is 0.462 e. The number of nitrogens with one attached hydrogen (secondary N) is 2. The van der Waals surface area contributed by atoms with E-state index in [0.717, 1.165) is 5.69 Å². The van der Waals surface area contributed by atoms with Crippen molar-refractivity contribution in [2.75, 3.05) is 28.0 Å². The first-order chi connectivity index (χ1) is 16.5. The van der Waals surface area contributed by atoms with Crippen molar-refractivity contribution in [1.29, 1.82) is 5.41 Å². The normalized spacial score (nSPS) is 13.2. The molecule has 34 heavy (non-hydrogen) atoms. The van der Waals surface area contributed by atoms with E-state index in [4.69, 9.17) is 10.1 Å². The van der Waals surface area contributed by atoms with Crippen molar-refractivity contribution < 1.29 is 18.7 Å². The molecule has 1 aliphatic rings. The number of rotatable bonds is 7. The molecule has 3 aromatic carbocycles. The Kier molecular flexibility index (Phi) is 7.43. The van der Waals surface area contributed by atoms with Gasteiger partial charge in [-0.2, -0.15) is 0 Å². The molecular formula is C24H21FIN4O3P. The van der Waals surface area contributed by atoms with Gasteiger partial charge in [-0.25, -0.2) is 9.18 Å². The molecule has 3 aromatic rings. The van der Waals surface area contributed by atoms with E-state index in [9.17, 15) is 14.0 Å². The molecule has 0 saturated heterocycles. The lowest BCUT2D eigenvalue weighted by Crippen LogP contribution is -2.41. The molecule has 0 bridgehead atoms. The summed E-state index contributed by atoms with van der Waals surface area (Å²) in [6, 6.07) is 16.3. The van der Waals surface area contributed by atoms with Gasteiger partial charge in [0, 0.05) is 35.2 Å². The summed E-state index contributed by atoms with van der Waals surface area (Å²) in [4.78, 5) is 28.9. The average molecular weight is 590 g/mol. The van der Waals surface area contributed by atoms with Crippen LogP contribution in [0.25, 0.3) is 0 Å². The highest BCUT2D eigenvalue weighted by Crippen LogP contribution is 2.45. The molecule has 1 unspecified atom stereocenters. The molecule has 4 rings (SSSR count). The van der Waals surface area contributed by atoms with Gasteiger partial charge in [-0.05, 0) is 89.6 Å². The second-order valence-electron chi connectivity index (χ2n) is 7.35. The number of amides is 1. The summed E-state index contributed by atoms with van der Waals surface area (Å²) in [7, 11) is 0. The highest BCUT2D eigenvalue weighted by Gasteiger charge is 2.32. The molecule has 10 heteroatoms. The third kappa shape index (κ3) is 4.76. The Hall–Kier alpha value is -3.04. The molecule has 0 saturated carbocycles. The third-order valence-electron chi connectivity index (χ3n) is 5.33. The molecule has 1 aliphatic heterocycles. The number of halogens is 2. The summed E-state index contributed by atoms with van der Waals surface area (Å²) in [5, 5.41) is 11.1. The zero-order valence-corrected chi connectivity index (χ0v) is 21.3. The molecule has 0 spiro atoms. The molecule has 0 radical (unpaired) electrons. The van der Waals surface area contributed by atoms with Crippen molar-refractivity contribution in [2.24, 2.45) is 0 Å². The van der Waals surface area contributed by atoms with Crippen LogP contribution in [-0.2, 0) is 9.53 Å². The van der Waals surface area contributed by atoms with Gasteiger partial charge in [-0.15, -0.1) is 0 Å². The Bertz CT molecular complexity index is 1240. The summed E-state index contributed by atoms with van der Waals surface area (Å²) < 4.78 is 18.6. The molecule has 0 fully saturated rings. The quantitative estimate of drug-likeness (QED) is 0.149. The molecule has 0 aromatic heterocycles. The fourth-order valence-electron chi connectivity index (χ4n) is 3.79. The van der Waals surface area contributed by atoms with Gasteiger partial charge in [0.1, 0.15) is 12.4 Å². The Morgan fingerprint density at radius 3 is 2.44 bits per heavy atom. The number of anilines is 5. The summed E-state index contributed by atoms with van der Waals surface area (Å²) in [5.74, 6) is -0.975. The lowest BCUT2D eigenvalue weighted by atomic mass is 10.0. The third-order valence-corrected chi connectivity index (χ3v) is 6.51. The fourth-order valence-corrected chi connectivity index (χ4v) is 4.98. The van der Waals surface area contributed by atoms with Crippen LogP contribution in [-0.4, -0.2) is 31.2 Å². The number of hydrogen-bond acceptors (Lipinski definition) is 6. The Morgan fingerprint density at radius 1 is 1.15 bits per heavy atom. The summed E-state index contributed by atoms with van der Waals surface area (Å²) in [5.41, 5.74) is 4.39. The Morgan fingerprint density at radius 2 is 1.82 bits per heavy atom. The Labute approximate surface area is 211 Å². The SMILES string of the molecule is CCOC(=O)c1ccc(N2C(=O)CN(c3ccc(F)cc3)c3cc(C=N)c(NPI)cc32)cc1. The van der Waals surface area contributed by atoms with E-state index < -0.39 is 5.97 Å². The molecular weight excluding hydrogens is 569 g/mol. The first-order valence-electron chi connectivity index (χ1n) is 10.4. The minimum atomic E-state index is -0.424. The van der Waals surface area contributed by atoms with Gasteiger partial charge in [0.25, 0.3) is 5.91 Å². The smallest absolute Gasteiger partial charge is 0.338 e. The minimum absolute atomic E-state index is 0.0243. The van der Waals surface area contributed by atoms with Crippen LogP contribution in [0, 0.1) is 11.2 Å². The average Bonchev–Trinajstić information content (AvgIpc) is 2.84. The van der Waals surface area contributed by atoms with Crippen molar-refractivity contribution in [3.63, 3.8) is 0 Å². The van der Waals surface area contributed by atoms with E-state index in [1.165, 1.54) is 18.3 Å². The van der Waals surface area contributed by atoms with Crippen LogP contribution >= 0.6 is 28.4 Å². The van der Waals surface area contributed by atoms with Crippen LogP contribution in [0.3, 0.4) is 0 Å². The molecule has 0 aliphatic carbocycles. The molecule has 1 amide bonds. The van der Waals surface area contributed by atoms with Crippen LogP contribution in [0.1, 0.15) is 22.8 Å². The first kappa shape index (κ1) is 24.1. The number of carbonyl (C=O) groups excluding carboxylic acids is 2. The number of nitrogens with zero attached hydrogens (tertiary/aromatic N) is 2. The predicted molar refractivity (Wildman–Crippen MR) is 143 cm³/mol. The maximum absolute atomic E-state index is 13.5. The highest BCUT2D eigenvalue weighted by molar-refractivity contribution is 14.2. The zero-order valence-electron chi connectivity index (χ0n) is 18.1. The molecule has 2 N–H and O–H groups in total. The van der Waals surface area contributed by atoms with Crippen LogP contribution in [0.15, 0.2) is 60.7 Å². The van der Waals surface area contributed by atoms with Crippen molar-refractivity contribution in [1.82, 2.24) is 0 Å². The molecule has 174 valence electrons. The topological polar surface area (TPSA) is 85.7 Å².